The van der Waals surface area contributed by atoms with Crippen LogP contribution in [0.5, 0.6) is 11.5 Å². The first-order valence-electron chi connectivity index (χ1n) is 18.0. The van der Waals surface area contributed by atoms with Crippen molar-refractivity contribution in [2.24, 2.45) is 51.2 Å². The van der Waals surface area contributed by atoms with Crippen LogP contribution in [0.15, 0.2) is 30.4 Å². The lowest BCUT2D eigenvalue weighted by atomic mass is 9.33. The molecule has 0 saturated heterocycles. The number of hydrogen-bond donors (Lipinski definition) is 1. The molecule has 10 atom stereocenters. The van der Waals surface area contributed by atoms with Crippen LogP contribution in [0.1, 0.15) is 117 Å². The van der Waals surface area contributed by atoms with Gasteiger partial charge in [0.15, 0.2) is 0 Å². The number of ether oxygens (including phenoxy) is 3. The predicted molar refractivity (Wildman–Crippen MR) is 185 cm³/mol. The van der Waals surface area contributed by atoms with E-state index < -0.39 is 5.60 Å². The third-order valence-electron chi connectivity index (χ3n) is 15.4. The Morgan fingerprint density at radius 2 is 1.54 bits per heavy atom. The van der Waals surface area contributed by atoms with E-state index in [-0.39, 0.29) is 33.7 Å². The summed E-state index contributed by atoms with van der Waals surface area (Å²) in [7, 11) is 3.29. The number of aliphatic hydroxyl groups is 1. The zero-order valence-corrected chi connectivity index (χ0v) is 30.1. The average Bonchev–Trinajstić information content (AvgIpc) is 3.36. The van der Waals surface area contributed by atoms with Crippen molar-refractivity contribution < 1.29 is 24.1 Å². The number of carbonyl (C=O) groups is 1. The Labute approximate surface area is 278 Å². The zero-order chi connectivity index (χ0) is 33.4. The van der Waals surface area contributed by atoms with E-state index in [1.807, 2.05) is 19.1 Å². The molecule has 0 amide bonds. The van der Waals surface area contributed by atoms with E-state index in [2.05, 4.69) is 48.1 Å². The normalized spacial score (nSPS) is 42.7. The molecule has 0 aliphatic heterocycles. The van der Waals surface area contributed by atoms with Crippen LogP contribution in [0.4, 0.5) is 0 Å². The second-order valence-corrected chi connectivity index (χ2v) is 17.5. The van der Waals surface area contributed by atoms with Gasteiger partial charge in [-0.15, -0.1) is 0 Å². The topological polar surface area (TPSA) is 65.0 Å². The van der Waals surface area contributed by atoms with E-state index >= 15 is 0 Å². The highest BCUT2D eigenvalue weighted by atomic mass is 16.5. The van der Waals surface area contributed by atoms with Crippen LogP contribution in [0, 0.1) is 58.2 Å². The molecule has 0 aromatic heterocycles. The molecule has 46 heavy (non-hydrogen) atoms. The van der Waals surface area contributed by atoms with Gasteiger partial charge in [-0.25, -0.2) is 4.79 Å². The lowest BCUT2D eigenvalue weighted by Gasteiger charge is -2.72. The Bertz CT molecular complexity index is 1380. The van der Waals surface area contributed by atoms with Gasteiger partial charge in [-0.05, 0) is 148 Å². The molecule has 6 rings (SSSR count). The molecule has 5 nitrogen and oxygen atoms in total. The summed E-state index contributed by atoms with van der Waals surface area (Å²) in [6.07, 6.45) is 14.2. The fraction of sp³-hybridized carbons (Fsp3) is 0.732. The highest BCUT2D eigenvalue weighted by Crippen LogP contribution is 2.76. The summed E-state index contributed by atoms with van der Waals surface area (Å²) in [4.78, 5) is 13.3. The molecule has 5 aliphatic carbocycles. The van der Waals surface area contributed by atoms with Crippen LogP contribution < -0.4 is 9.47 Å². The summed E-state index contributed by atoms with van der Waals surface area (Å²) in [5, 5.41) is 11.9. The highest BCUT2D eigenvalue weighted by molar-refractivity contribution is 5.87. The third-order valence-corrected chi connectivity index (χ3v) is 15.4. The number of carbonyl (C=O) groups excluding carboxylic acids is 1. The number of esters is 1. The Morgan fingerprint density at radius 1 is 0.870 bits per heavy atom. The second kappa shape index (κ2) is 11.4. The lowest BCUT2D eigenvalue weighted by molar-refractivity contribution is -0.255. The first-order valence-corrected chi connectivity index (χ1v) is 18.0. The SMILES string of the molecule is C=C(C)C1CCC2(O)CCC3(C)C(CCC4C5(C)CCC(OC(=O)C=Cc6cc(OC)c(C)c(OC)c6)C(C)(C)C5CCC43C)C12. The van der Waals surface area contributed by atoms with E-state index in [0.717, 1.165) is 61.2 Å². The average molecular weight is 633 g/mol. The van der Waals surface area contributed by atoms with Crippen molar-refractivity contribution in [2.45, 2.75) is 124 Å². The molecule has 0 spiro atoms. The maximum absolute atomic E-state index is 13.3. The largest absolute Gasteiger partial charge is 0.496 e. The molecule has 5 heteroatoms. The predicted octanol–water partition coefficient (Wildman–Crippen LogP) is 9.34. The molecule has 5 fully saturated rings. The van der Waals surface area contributed by atoms with Crippen LogP contribution in [0.25, 0.3) is 6.08 Å². The number of hydrogen-bond acceptors (Lipinski definition) is 5. The van der Waals surface area contributed by atoms with Gasteiger partial charge in [-0.2, -0.15) is 0 Å². The van der Waals surface area contributed by atoms with Crippen LogP contribution in [0.2, 0.25) is 0 Å². The first-order chi connectivity index (χ1) is 21.6. The van der Waals surface area contributed by atoms with Crippen molar-refractivity contribution in [1.29, 1.82) is 0 Å². The van der Waals surface area contributed by atoms with Crippen molar-refractivity contribution in [3.8, 4) is 11.5 Å². The van der Waals surface area contributed by atoms with Crippen LogP contribution in [-0.4, -0.2) is 37.0 Å². The Balaban J connectivity index is 1.21. The Morgan fingerprint density at radius 3 is 2.17 bits per heavy atom. The third kappa shape index (κ3) is 4.83. The summed E-state index contributed by atoms with van der Waals surface area (Å²) in [6, 6.07) is 3.84. The minimum atomic E-state index is -0.506. The first kappa shape index (κ1) is 33.6. The second-order valence-electron chi connectivity index (χ2n) is 17.5. The number of fused-ring (bicyclic) bond motifs is 7. The van der Waals surface area contributed by atoms with Crippen molar-refractivity contribution in [2.75, 3.05) is 14.2 Å². The van der Waals surface area contributed by atoms with Crippen molar-refractivity contribution in [1.82, 2.24) is 0 Å². The summed E-state index contributed by atoms with van der Waals surface area (Å²) < 4.78 is 17.3. The molecule has 254 valence electrons. The van der Waals surface area contributed by atoms with E-state index in [1.165, 1.54) is 31.3 Å². The van der Waals surface area contributed by atoms with Gasteiger partial charge in [0, 0.05) is 17.1 Å². The quantitative estimate of drug-likeness (QED) is 0.192. The lowest BCUT2D eigenvalue weighted by Crippen LogP contribution is -2.67. The summed E-state index contributed by atoms with van der Waals surface area (Å²) in [5.74, 6) is 3.68. The van der Waals surface area contributed by atoms with Gasteiger partial charge in [0.05, 0.1) is 19.8 Å². The van der Waals surface area contributed by atoms with Gasteiger partial charge >= 0.3 is 5.97 Å². The Hall–Kier alpha value is -2.27. The van der Waals surface area contributed by atoms with Gasteiger partial charge in [-0.3, -0.25) is 0 Å². The molecule has 0 heterocycles. The van der Waals surface area contributed by atoms with E-state index in [0.29, 0.717) is 29.6 Å². The van der Waals surface area contributed by atoms with Crippen molar-refractivity contribution in [3.63, 3.8) is 0 Å². The molecule has 1 aromatic rings. The van der Waals surface area contributed by atoms with Crippen LogP contribution >= 0.6 is 0 Å². The standard InChI is InChI=1S/C41H60O5/c1-25(2)28-15-20-41(43)22-21-39(7)29(36(28)41)12-13-33-38(6)18-17-34(37(4,5)32(38)16-19-40(33,39)8)46-35(42)14-11-27-23-30(44-9)26(3)31(24-27)45-10/h11,14,23-24,28-29,32-34,36,43H,1,12-13,15-22H2,2-10H3. The van der Waals surface area contributed by atoms with Crippen LogP contribution in [-0.2, 0) is 9.53 Å². The van der Waals surface area contributed by atoms with Crippen molar-refractivity contribution >= 4 is 12.0 Å². The molecule has 5 saturated carbocycles. The summed E-state index contributed by atoms with van der Waals surface area (Å²) in [5.41, 5.74) is 3.09. The molecule has 0 bridgehead atoms. The molecular weight excluding hydrogens is 572 g/mol. The molecule has 0 radical (unpaired) electrons. The Kier molecular flexibility index (Phi) is 8.35. The number of allylic oxidation sites excluding steroid dienone is 1. The maximum Gasteiger partial charge on any atom is 0.331 e. The van der Waals surface area contributed by atoms with Gasteiger partial charge in [-0.1, -0.05) is 46.8 Å². The van der Waals surface area contributed by atoms with Crippen LogP contribution in [0.3, 0.4) is 0 Å². The smallest absolute Gasteiger partial charge is 0.331 e. The fourth-order valence-corrected chi connectivity index (χ4v) is 12.9. The molecular formula is C41H60O5. The maximum atomic E-state index is 13.3. The van der Waals surface area contributed by atoms with Gasteiger partial charge in [0.25, 0.3) is 0 Å². The minimum absolute atomic E-state index is 0.111. The number of rotatable bonds is 6. The monoisotopic (exact) mass is 632 g/mol. The highest BCUT2D eigenvalue weighted by Gasteiger charge is 2.71. The fourth-order valence-electron chi connectivity index (χ4n) is 12.9. The summed E-state index contributed by atoms with van der Waals surface area (Å²) in [6.45, 7) is 21.1. The van der Waals surface area contributed by atoms with Gasteiger partial charge < -0.3 is 19.3 Å². The molecule has 1 N–H and O–H groups in total. The molecule has 1 aromatic carbocycles. The zero-order valence-electron chi connectivity index (χ0n) is 30.1. The van der Waals surface area contributed by atoms with Crippen molar-refractivity contribution in [3.05, 3.63) is 41.5 Å². The van der Waals surface area contributed by atoms with Gasteiger partial charge in [0.2, 0.25) is 0 Å². The summed E-state index contributed by atoms with van der Waals surface area (Å²) >= 11 is 0. The van der Waals surface area contributed by atoms with E-state index in [1.54, 1.807) is 26.4 Å². The minimum Gasteiger partial charge on any atom is -0.496 e. The van der Waals surface area contributed by atoms with Gasteiger partial charge in [0.1, 0.15) is 17.6 Å². The number of benzene rings is 1. The number of methoxy groups -OCH3 is 2. The molecule has 10 unspecified atom stereocenters. The van der Waals surface area contributed by atoms with E-state index in [4.69, 9.17) is 14.2 Å². The van der Waals surface area contributed by atoms with E-state index in [9.17, 15) is 9.90 Å². The molecule has 5 aliphatic rings.